The Morgan fingerprint density at radius 1 is 1.12 bits per heavy atom. The third-order valence-corrected chi connectivity index (χ3v) is 2.30. The van der Waals surface area contributed by atoms with Crippen molar-refractivity contribution in [1.82, 2.24) is 0 Å². The molecule has 0 aromatic heterocycles. The van der Waals surface area contributed by atoms with E-state index in [2.05, 4.69) is 4.74 Å². The van der Waals surface area contributed by atoms with Crippen LogP contribution in [0.1, 0.15) is 0 Å². The van der Waals surface area contributed by atoms with E-state index in [-0.39, 0.29) is 6.61 Å². The maximum atomic E-state index is 9.53. The van der Waals surface area contributed by atoms with Crippen molar-refractivity contribution in [3.8, 4) is 0 Å². The van der Waals surface area contributed by atoms with Gasteiger partial charge in [-0.2, -0.15) is 0 Å². The number of aliphatic hydroxyl groups is 6. The fraction of sp³-hybridized carbons (Fsp3) is 1.00. The van der Waals surface area contributed by atoms with Gasteiger partial charge in [-0.25, -0.2) is 0 Å². The molecule has 8 nitrogen and oxygen atoms in total. The van der Waals surface area contributed by atoms with Gasteiger partial charge in [0.25, 0.3) is 0 Å². The predicted molar refractivity (Wildman–Crippen MR) is 47.9 cm³/mol. The molecular weight excluding hydrogens is 224 g/mol. The Kier molecular flexibility index (Phi) is 5.02. The third kappa shape index (κ3) is 3.09. The Hall–Kier alpha value is -0.320. The van der Waals surface area contributed by atoms with Crippen LogP contribution in [-0.4, -0.2) is 80.8 Å². The van der Waals surface area contributed by atoms with E-state index in [1.165, 1.54) is 0 Å². The van der Waals surface area contributed by atoms with E-state index >= 15 is 0 Å². The maximum absolute atomic E-state index is 9.53. The van der Waals surface area contributed by atoms with Gasteiger partial charge in [0, 0.05) is 0 Å². The molecule has 16 heavy (non-hydrogen) atoms. The van der Waals surface area contributed by atoms with Crippen LogP contribution in [0, 0.1) is 0 Å². The first-order chi connectivity index (χ1) is 7.47. The van der Waals surface area contributed by atoms with E-state index in [1.54, 1.807) is 0 Å². The molecule has 1 heterocycles. The van der Waals surface area contributed by atoms with Crippen LogP contribution < -0.4 is 0 Å². The summed E-state index contributed by atoms with van der Waals surface area (Å²) in [5.74, 6) is 0. The SMILES string of the molecule is OCC(O)C(O)C(O)C1COC(O)C(O)O1. The lowest BCUT2D eigenvalue weighted by Gasteiger charge is -2.35. The Balaban J connectivity index is 2.51. The van der Waals surface area contributed by atoms with Gasteiger partial charge in [0.2, 0.25) is 12.6 Å². The van der Waals surface area contributed by atoms with E-state index in [4.69, 9.17) is 25.2 Å². The standard InChI is InChI=1S/C8H16O8/c9-1-3(10)5(11)6(12)4-2-15-7(13)8(14)16-4/h3-14H,1-2H2. The van der Waals surface area contributed by atoms with Gasteiger partial charge in [-0.1, -0.05) is 0 Å². The van der Waals surface area contributed by atoms with Crippen LogP contribution in [-0.2, 0) is 9.47 Å². The molecule has 6 unspecified atom stereocenters. The molecule has 1 rings (SSSR count). The largest absolute Gasteiger partial charge is 0.394 e. The van der Waals surface area contributed by atoms with Gasteiger partial charge in [0.15, 0.2) is 0 Å². The van der Waals surface area contributed by atoms with Gasteiger partial charge in [-0.05, 0) is 0 Å². The Morgan fingerprint density at radius 2 is 1.75 bits per heavy atom. The van der Waals surface area contributed by atoms with Crippen molar-refractivity contribution in [3.63, 3.8) is 0 Å². The molecule has 0 aromatic rings. The van der Waals surface area contributed by atoms with Crippen LogP contribution in [0.5, 0.6) is 0 Å². The molecule has 8 heteroatoms. The van der Waals surface area contributed by atoms with Crippen molar-refractivity contribution in [2.45, 2.75) is 37.0 Å². The van der Waals surface area contributed by atoms with Crippen LogP contribution >= 0.6 is 0 Å². The van der Waals surface area contributed by atoms with Gasteiger partial charge in [-0.15, -0.1) is 0 Å². The molecule has 1 aliphatic rings. The van der Waals surface area contributed by atoms with Crippen LogP contribution in [0.25, 0.3) is 0 Å². The van der Waals surface area contributed by atoms with Crippen LogP contribution in [0.4, 0.5) is 0 Å². The maximum Gasteiger partial charge on any atom is 0.207 e. The molecule has 0 aromatic carbocycles. The summed E-state index contributed by atoms with van der Waals surface area (Å²) in [4.78, 5) is 0. The van der Waals surface area contributed by atoms with Crippen LogP contribution in [0.3, 0.4) is 0 Å². The second kappa shape index (κ2) is 5.84. The number of hydrogen-bond donors (Lipinski definition) is 6. The zero-order valence-corrected chi connectivity index (χ0v) is 8.38. The van der Waals surface area contributed by atoms with Gasteiger partial charge in [0.1, 0.15) is 24.4 Å². The quantitative estimate of drug-likeness (QED) is 0.293. The lowest BCUT2D eigenvalue weighted by Crippen LogP contribution is -2.54. The summed E-state index contributed by atoms with van der Waals surface area (Å²) >= 11 is 0. The fourth-order valence-electron chi connectivity index (χ4n) is 1.30. The minimum Gasteiger partial charge on any atom is -0.394 e. The van der Waals surface area contributed by atoms with E-state index in [1.807, 2.05) is 0 Å². The molecule has 1 fully saturated rings. The first-order valence-electron chi connectivity index (χ1n) is 4.75. The molecule has 6 N–H and O–H groups in total. The average molecular weight is 240 g/mol. The molecule has 1 aliphatic heterocycles. The highest BCUT2D eigenvalue weighted by Gasteiger charge is 2.38. The first kappa shape index (κ1) is 13.7. The van der Waals surface area contributed by atoms with E-state index in [0.717, 1.165) is 0 Å². The lowest BCUT2D eigenvalue weighted by atomic mass is 10.0. The molecule has 96 valence electrons. The van der Waals surface area contributed by atoms with E-state index in [9.17, 15) is 10.2 Å². The molecule has 1 saturated heterocycles. The highest BCUT2D eigenvalue weighted by Crippen LogP contribution is 2.17. The lowest BCUT2D eigenvalue weighted by molar-refractivity contribution is -0.331. The highest BCUT2D eigenvalue weighted by molar-refractivity contribution is 4.83. The van der Waals surface area contributed by atoms with Crippen molar-refractivity contribution >= 4 is 0 Å². The second-order valence-electron chi connectivity index (χ2n) is 3.52. The molecule has 0 aliphatic carbocycles. The summed E-state index contributed by atoms with van der Waals surface area (Å²) in [5, 5.41) is 54.5. The number of aliphatic hydroxyl groups excluding tert-OH is 6. The Morgan fingerprint density at radius 3 is 2.25 bits per heavy atom. The number of rotatable bonds is 4. The predicted octanol–water partition coefficient (Wildman–Crippen LogP) is -3.89. The Bertz CT molecular complexity index is 212. The molecule has 0 saturated carbocycles. The minimum absolute atomic E-state index is 0.255. The summed E-state index contributed by atoms with van der Waals surface area (Å²) in [6.45, 7) is -0.981. The first-order valence-corrected chi connectivity index (χ1v) is 4.75. The van der Waals surface area contributed by atoms with Crippen molar-refractivity contribution in [3.05, 3.63) is 0 Å². The van der Waals surface area contributed by atoms with Gasteiger partial charge >= 0.3 is 0 Å². The van der Waals surface area contributed by atoms with Crippen molar-refractivity contribution in [2.24, 2.45) is 0 Å². The molecular formula is C8H16O8. The summed E-state index contributed by atoms with van der Waals surface area (Å²) in [6.07, 6.45) is -8.96. The van der Waals surface area contributed by atoms with Crippen molar-refractivity contribution in [2.75, 3.05) is 13.2 Å². The minimum atomic E-state index is -1.64. The number of hydrogen-bond acceptors (Lipinski definition) is 8. The normalized spacial score (nSPS) is 36.8. The molecule has 6 atom stereocenters. The Labute approximate surface area is 91.3 Å². The average Bonchev–Trinajstić information content (AvgIpc) is 2.29. The number of ether oxygens (including phenoxy) is 2. The summed E-state index contributed by atoms with van der Waals surface area (Å²) in [6, 6.07) is 0. The fourth-order valence-corrected chi connectivity index (χ4v) is 1.30. The van der Waals surface area contributed by atoms with Crippen molar-refractivity contribution < 1.29 is 40.1 Å². The van der Waals surface area contributed by atoms with E-state index in [0.29, 0.717) is 0 Å². The second-order valence-corrected chi connectivity index (χ2v) is 3.52. The van der Waals surface area contributed by atoms with Gasteiger partial charge < -0.3 is 40.1 Å². The summed E-state index contributed by atoms with van der Waals surface area (Å²) in [5.41, 5.74) is 0. The highest BCUT2D eigenvalue weighted by atomic mass is 16.7. The van der Waals surface area contributed by atoms with E-state index < -0.39 is 43.6 Å². The van der Waals surface area contributed by atoms with Crippen LogP contribution in [0.15, 0.2) is 0 Å². The third-order valence-electron chi connectivity index (χ3n) is 2.30. The zero-order chi connectivity index (χ0) is 12.3. The van der Waals surface area contributed by atoms with Gasteiger partial charge in [0.05, 0.1) is 13.2 Å². The molecule has 0 bridgehead atoms. The zero-order valence-electron chi connectivity index (χ0n) is 8.38. The van der Waals surface area contributed by atoms with Crippen LogP contribution in [0.2, 0.25) is 0 Å². The molecule has 0 radical (unpaired) electrons. The monoisotopic (exact) mass is 240 g/mol. The summed E-state index contributed by atoms with van der Waals surface area (Å²) < 4.78 is 9.41. The van der Waals surface area contributed by atoms with Gasteiger partial charge in [-0.3, -0.25) is 0 Å². The topological polar surface area (TPSA) is 140 Å². The summed E-state index contributed by atoms with van der Waals surface area (Å²) in [7, 11) is 0. The molecule has 0 spiro atoms. The van der Waals surface area contributed by atoms with Crippen molar-refractivity contribution in [1.29, 1.82) is 0 Å². The molecule has 0 amide bonds. The smallest absolute Gasteiger partial charge is 0.207 e.